The summed E-state index contributed by atoms with van der Waals surface area (Å²) >= 11 is 0. The SMILES string of the molecule is O=C(O)CC1CCN(C(=O)c2ccc3c(c2)CNC3)C1. The van der Waals surface area contributed by atoms with Crippen molar-refractivity contribution in [3.63, 3.8) is 0 Å². The highest BCUT2D eigenvalue weighted by Crippen LogP contribution is 2.23. The van der Waals surface area contributed by atoms with E-state index in [0.717, 1.165) is 19.5 Å². The van der Waals surface area contributed by atoms with E-state index in [0.29, 0.717) is 18.7 Å². The van der Waals surface area contributed by atoms with Crippen LogP contribution in [0.1, 0.15) is 34.3 Å². The number of hydrogen-bond acceptors (Lipinski definition) is 3. The van der Waals surface area contributed by atoms with Crippen molar-refractivity contribution in [2.24, 2.45) is 5.92 Å². The zero-order valence-corrected chi connectivity index (χ0v) is 11.3. The molecule has 1 atom stereocenters. The Morgan fingerprint density at radius 2 is 2.10 bits per heavy atom. The molecule has 2 aliphatic rings. The Labute approximate surface area is 117 Å². The third-order valence-electron chi connectivity index (χ3n) is 4.12. The fourth-order valence-corrected chi connectivity index (χ4v) is 3.04. The van der Waals surface area contributed by atoms with Crippen LogP contribution in [0.15, 0.2) is 18.2 Å². The molecule has 1 saturated heterocycles. The summed E-state index contributed by atoms with van der Waals surface area (Å²) in [6.45, 7) is 2.90. The summed E-state index contributed by atoms with van der Waals surface area (Å²) in [6.07, 6.45) is 0.933. The minimum atomic E-state index is -0.784. The maximum absolute atomic E-state index is 12.4. The van der Waals surface area contributed by atoms with Crippen LogP contribution >= 0.6 is 0 Å². The summed E-state index contributed by atoms with van der Waals surface area (Å²) < 4.78 is 0. The molecule has 0 saturated carbocycles. The smallest absolute Gasteiger partial charge is 0.303 e. The van der Waals surface area contributed by atoms with Crippen LogP contribution in [0.2, 0.25) is 0 Å². The molecule has 0 radical (unpaired) electrons. The number of carboxylic acid groups (broad SMARTS) is 1. The second-order valence-electron chi connectivity index (χ2n) is 5.59. The van der Waals surface area contributed by atoms with Crippen molar-refractivity contribution in [3.8, 4) is 0 Å². The van der Waals surface area contributed by atoms with Crippen molar-refractivity contribution in [1.82, 2.24) is 10.2 Å². The highest BCUT2D eigenvalue weighted by atomic mass is 16.4. The van der Waals surface area contributed by atoms with Crippen molar-refractivity contribution >= 4 is 11.9 Å². The van der Waals surface area contributed by atoms with E-state index in [1.165, 1.54) is 11.1 Å². The molecule has 0 aromatic heterocycles. The van der Waals surface area contributed by atoms with E-state index in [1.807, 2.05) is 18.2 Å². The van der Waals surface area contributed by atoms with Crippen LogP contribution in [0.3, 0.4) is 0 Å². The van der Waals surface area contributed by atoms with Gasteiger partial charge in [-0.3, -0.25) is 9.59 Å². The van der Waals surface area contributed by atoms with Crippen molar-refractivity contribution in [2.45, 2.75) is 25.9 Å². The van der Waals surface area contributed by atoms with Crippen molar-refractivity contribution in [2.75, 3.05) is 13.1 Å². The van der Waals surface area contributed by atoms with Crippen LogP contribution in [0.5, 0.6) is 0 Å². The fraction of sp³-hybridized carbons (Fsp3) is 0.467. The molecule has 0 aliphatic carbocycles. The van der Waals surface area contributed by atoms with Gasteiger partial charge in [0.05, 0.1) is 0 Å². The first-order valence-corrected chi connectivity index (χ1v) is 6.97. The minimum absolute atomic E-state index is 0.0209. The van der Waals surface area contributed by atoms with Crippen molar-refractivity contribution in [1.29, 1.82) is 0 Å². The summed E-state index contributed by atoms with van der Waals surface area (Å²) in [5, 5.41) is 12.1. The Hall–Kier alpha value is -1.88. The number of carbonyl (C=O) groups excluding carboxylic acids is 1. The maximum atomic E-state index is 12.4. The molecule has 5 nitrogen and oxygen atoms in total. The van der Waals surface area contributed by atoms with Gasteiger partial charge in [0.1, 0.15) is 0 Å². The lowest BCUT2D eigenvalue weighted by Gasteiger charge is -2.16. The second-order valence-corrected chi connectivity index (χ2v) is 5.59. The molecule has 106 valence electrons. The van der Waals surface area contributed by atoms with Gasteiger partial charge in [-0.2, -0.15) is 0 Å². The average molecular weight is 274 g/mol. The number of carbonyl (C=O) groups is 2. The molecule has 1 fully saturated rings. The predicted molar refractivity (Wildman–Crippen MR) is 73.2 cm³/mol. The first kappa shape index (κ1) is 13.1. The van der Waals surface area contributed by atoms with E-state index in [4.69, 9.17) is 5.11 Å². The van der Waals surface area contributed by atoms with E-state index >= 15 is 0 Å². The molecule has 5 heteroatoms. The zero-order valence-electron chi connectivity index (χ0n) is 11.3. The first-order valence-electron chi connectivity index (χ1n) is 6.97. The van der Waals surface area contributed by atoms with Gasteiger partial charge in [0.15, 0.2) is 0 Å². The standard InChI is InChI=1S/C15H18N2O3/c18-14(19)5-10-3-4-17(9-10)15(20)11-1-2-12-7-16-8-13(12)6-11/h1-2,6,10,16H,3-5,7-9H2,(H,18,19). The number of rotatable bonds is 3. The highest BCUT2D eigenvalue weighted by Gasteiger charge is 2.28. The number of nitrogens with zero attached hydrogens (tertiary/aromatic N) is 1. The molecule has 1 aromatic carbocycles. The van der Waals surface area contributed by atoms with E-state index < -0.39 is 5.97 Å². The number of nitrogens with one attached hydrogen (secondary N) is 1. The first-order chi connectivity index (χ1) is 9.63. The molecule has 1 amide bonds. The molecule has 2 N–H and O–H groups in total. The van der Waals surface area contributed by atoms with Gasteiger partial charge in [0.2, 0.25) is 0 Å². The van der Waals surface area contributed by atoms with Crippen LogP contribution in [-0.4, -0.2) is 35.0 Å². The summed E-state index contributed by atoms with van der Waals surface area (Å²) in [6, 6.07) is 5.84. The Kier molecular flexibility index (Phi) is 3.44. The Bertz CT molecular complexity index is 556. The average Bonchev–Trinajstić information content (AvgIpc) is 3.04. The molecule has 1 unspecified atom stereocenters. The van der Waals surface area contributed by atoms with E-state index in [2.05, 4.69) is 5.32 Å². The molecular formula is C15H18N2O3. The number of likely N-dealkylation sites (tertiary alicyclic amines) is 1. The molecule has 2 aliphatic heterocycles. The summed E-state index contributed by atoms with van der Waals surface area (Å²) in [5.74, 6) is -0.673. The van der Waals surface area contributed by atoms with E-state index in [-0.39, 0.29) is 18.2 Å². The third-order valence-corrected chi connectivity index (χ3v) is 4.12. The number of fused-ring (bicyclic) bond motifs is 1. The van der Waals surface area contributed by atoms with E-state index in [9.17, 15) is 9.59 Å². The largest absolute Gasteiger partial charge is 0.481 e. The number of aliphatic carboxylic acids is 1. The lowest BCUT2D eigenvalue weighted by atomic mass is 10.0. The Balaban J connectivity index is 1.69. The third kappa shape index (κ3) is 2.54. The van der Waals surface area contributed by atoms with Crippen molar-refractivity contribution < 1.29 is 14.7 Å². The van der Waals surface area contributed by atoms with Gasteiger partial charge < -0.3 is 15.3 Å². The molecule has 1 aromatic rings. The van der Waals surface area contributed by atoms with Crippen LogP contribution in [0.25, 0.3) is 0 Å². The van der Waals surface area contributed by atoms with Gasteiger partial charge in [-0.25, -0.2) is 0 Å². The maximum Gasteiger partial charge on any atom is 0.303 e. The predicted octanol–water partition coefficient (Wildman–Crippen LogP) is 1.23. The van der Waals surface area contributed by atoms with Gasteiger partial charge in [-0.05, 0) is 35.6 Å². The Morgan fingerprint density at radius 1 is 1.30 bits per heavy atom. The van der Waals surface area contributed by atoms with Gasteiger partial charge in [0.25, 0.3) is 5.91 Å². The number of carboxylic acids is 1. The summed E-state index contributed by atoms with van der Waals surface area (Å²) in [4.78, 5) is 24.9. The van der Waals surface area contributed by atoms with Crippen LogP contribution in [-0.2, 0) is 17.9 Å². The van der Waals surface area contributed by atoms with Gasteiger partial charge >= 0.3 is 5.97 Å². The lowest BCUT2D eigenvalue weighted by molar-refractivity contribution is -0.138. The van der Waals surface area contributed by atoms with Gasteiger partial charge in [-0.15, -0.1) is 0 Å². The quantitative estimate of drug-likeness (QED) is 0.869. The minimum Gasteiger partial charge on any atom is -0.481 e. The number of benzene rings is 1. The molecule has 0 bridgehead atoms. The number of hydrogen-bond donors (Lipinski definition) is 2. The highest BCUT2D eigenvalue weighted by molar-refractivity contribution is 5.94. The molecule has 0 spiro atoms. The molecule has 20 heavy (non-hydrogen) atoms. The molecule has 2 heterocycles. The van der Waals surface area contributed by atoms with Gasteiger partial charge in [0, 0.05) is 38.2 Å². The monoisotopic (exact) mass is 274 g/mol. The number of amides is 1. The zero-order chi connectivity index (χ0) is 14.1. The summed E-state index contributed by atoms with van der Waals surface area (Å²) in [7, 11) is 0. The normalized spacial score (nSPS) is 21.0. The van der Waals surface area contributed by atoms with E-state index in [1.54, 1.807) is 4.90 Å². The molecular weight excluding hydrogens is 256 g/mol. The summed E-state index contributed by atoms with van der Waals surface area (Å²) in [5.41, 5.74) is 3.16. The van der Waals surface area contributed by atoms with Crippen LogP contribution < -0.4 is 5.32 Å². The van der Waals surface area contributed by atoms with Gasteiger partial charge in [-0.1, -0.05) is 6.07 Å². The van der Waals surface area contributed by atoms with Crippen LogP contribution in [0.4, 0.5) is 0 Å². The van der Waals surface area contributed by atoms with Crippen LogP contribution in [0, 0.1) is 5.92 Å². The fourth-order valence-electron chi connectivity index (χ4n) is 3.04. The second kappa shape index (κ2) is 5.25. The molecule has 3 rings (SSSR count). The van der Waals surface area contributed by atoms with Crippen molar-refractivity contribution in [3.05, 3.63) is 34.9 Å². The Morgan fingerprint density at radius 3 is 2.90 bits per heavy atom. The topological polar surface area (TPSA) is 69.6 Å². The lowest BCUT2D eigenvalue weighted by Crippen LogP contribution is -2.29.